The average molecular weight is 278 g/mol. The van der Waals surface area contributed by atoms with Crippen molar-refractivity contribution < 1.29 is 18.9 Å². The van der Waals surface area contributed by atoms with Crippen LogP contribution in [0, 0.1) is 5.92 Å². The number of hydrogen-bond donors (Lipinski definition) is 3. The fourth-order valence-electron chi connectivity index (χ4n) is 1.29. The predicted molar refractivity (Wildman–Crippen MR) is 71.0 cm³/mol. The summed E-state index contributed by atoms with van der Waals surface area (Å²) in [7, 11) is -0.986. The summed E-state index contributed by atoms with van der Waals surface area (Å²) in [4.78, 5) is 22.2. The summed E-state index contributed by atoms with van der Waals surface area (Å²) >= 11 is 0. The molecule has 3 N–H and O–H groups in total. The highest BCUT2D eigenvalue weighted by molar-refractivity contribution is 7.84. The summed E-state index contributed by atoms with van der Waals surface area (Å²) in [6, 6.07) is -0.422. The number of amides is 2. The minimum absolute atomic E-state index is 0.110. The Morgan fingerprint density at radius 3 is 2.28 bits per heavy atom. The Morgan fingerprint density at radius 1 is 1.28 bits per heavy atom. The lowest BCUT2D eigenvalue weighted by molar-refractivity contribution is -0.141. The maximum absolute atomic E-state index is 11.4. The highest BCUT2D eigenvalue weighted by Gasteiger charge is 2.17. The molecule has 3 unspecified atom stereocenters. The first kappa shape index (κ1) is 16.9. The van der Waals surface area contributed by atoms with Crippen molar-refractivity contribution in [2.45, 2.75) is 31.9 Å². The van der Waals surface area contributed by atoms with Crippen LogP contribution in [-0.4, -0.2) is 45.9 Å². The Bertz CT molecular complexity index is 309. The van der Waals surface area contributed by atoms with Gasteiger partial charge in [-0.2, -0.15) is 0 Å². The number of urea groups is 1. The number of carbonyl (C=O) groups is 2. The van der Waals surface area contributed by atoms with Gasteiger partial charge in [0.2, 0.25) is 0 Å². The van der Waals surface area contributed by atoms with Gasteiger partial charge in [-0.25, -0.2) is 4.79 Å². The third-order valence-corrected chi connectivity index (χ3v) is 3.91. The third kappa shape index (κ3) is 7.26. The number of nitrogens with one attached hydrogen (secondary N) is 2. The molecule has 0 heterocycles. The van der Waals surface area contributed by atoms with Crippen LogP contribution in [0.25, 0.3) is 0 Å². The second-order valence-electron chi connectivity index (χ2n) is 4.22. The first-order valence-electron chi connectivity index (χ1n) is 5.95. The van der Waals surface area contributed by atoms with Gasteiger partial charge in [-0.3, -0.25) is 9.00 Å². The van der Waals surface area contributed by atoms with Crippen molar-refractivity contribution in [3.8, 4) is 0 Å². The monoisotopic (exact) mass is 278 g/mol. The highest BCUT2D eigenvalue weighted by atomic mass is 32.2. The van der Waals surface area contributed by atoms with Crippen LogP contribution in [0.1, 0.15) is 26.7 Å². The molecule has 0 saturated heterocycles. The van der Waals surface area contributed by atoms with E-state index >= 15 is 0 Å². The van der Waals surface area contributed by atoms with Crippen LogP contribution in [0.3, 0.4) is 0 Å². The van der Waals surface area contributed by atoms with E-state index in [-0.39, 0.29) is 11.8 Å². The molecule has 6 nitrogen and oxygen atoms in total. The Hall–Kier alpha value is -1.11. The second-order valence-corrected chi connectivity index (χ2v) is 6.03. The summed E-state index contributed by atoms with van der Waals surface area (Å²) in [6.07, 6.45) is 2.86. The number of carbonyl (C=O) groups excluding carboxylic acids is 1. The summed E-state index contributed by atoms with van der Waals surface area (Å²) in [6.45, 7) is 4.08. The standard InChI is InChI=1S/C11H22N2O4S/c1-4-5-9(10(14)15)7-13-11(16)12-6-8(2)18(3)17/h8-9H,4-7H2,1-3H3,(H,14,15)(H2,12,13,16). The van der Waals surface area contributed by atoms with E-state index in [0.29, 0.717) is 13.0 Å². The van der Waals surface area contributed by atoms with Crippen LogP contribution in [0.2, 0.25) is 0 Å². The maximum Gasteiger partial charge on any atom is 0.314 e. The SMILES string of the molecule is CCCC(CNC(=O)NCC(C)S(C)=O)C(=O)O. The Morgan fingerprint density at radius 2 is 1.83 bits per heavy atom. The van der Waals surface area contributed by atoms with Gasteiger partial charge in [-0.05, 0) is 13.3 Å². The van der Waals surface area contributed by atoms with Crippen molar-refractivity contribution in [3.05, 3.63) is 0 Å². The zero-order chi connectivity index (χ0) is 14.1. The van der Waals surface area contributed by atoms with E-state index in [2.05, 4.69) is 10.6 Å². The van der Waals surface area contributed by atoms with Gasteiger partial charge in [-0.1, -0.05) is 13.3 Å². The van der Waals surface area contributed by atoms with Gasteiger partial charge in [0, 0.05) is 35.4 Å². The molecule has 0 aliphatic rings. The Kier molecular flexibility index (Phi) is 8.36. The van der Waals surface area contributed by atoms with Crippen molar-refractivity contribution in [3.63, 3.8) is 0 Å². The Labute approximate surface area is 110 Å². The van der Waals surface area contributed by atoms with Gasteiger partial charge in [0.05, 0.1) is 5.92 Å². The summed E-state index contributed by atoms with van der Waals surface area (Å²) < 4.78 is 11.1. The molecule has 106 valence electrons. The lowest BCUT2D eigenvalue weighted by Gasteiger charge is -2.14. The molecule has 0 aromatic rings. The molecular weight excluding hydrogens is 256 g/mol. The lowest BCUT2D eigenvalue weighted by Crippen LogP contribution is -2.42. The quantitative estimate of drug-likeness (QED) is 0.604. The third-order valence-electron chi connectivity index (χ3n) is 2.61. The fraction of sp³-hybridized carbons (Fsp3) is 0.818. The van der Waals surface area contributed by atoms with Gasteiger partial charge < -0.3 is 15.7 Å². The molecule has 0 aromatic heterocycles. The van der Waals surface area contributed by atoms with Crippen molar-refractivity contribution in [2.24, 2.45) is 5.92 Å². The molecule has 18 heavy (non-hydrogen) atoms. The van der Waals surface area contributed by atoms with Crippen molar-refractivity contribution in [1.82, 2.24) is 10.6 Å². The van der Waals surface area contributed by atoms with E-state index in [1.165, 1.54) is 0 Å². The molecular formula is C11H22N2O4S. The van der Waals surface area contributed by atoms with Crippen molar-refractivity contribution in [1.29, 1.82) is 0 Å². The molecule has 3 atom stereocenters. The molecule has 0 fully saturated rings. The van der Waals surface area contributed by atoms with Crippen molar-refractivity contribution >= 4 is 22.8 Å². The van der Waals surface area contributed by atoms with E-state index < -0.39 is 28.7 Å². The fourth-order valence-corrected chi connectivity index (χ4v) is 1.61. The second kappa shape index (κ2) is 8.91. The number of carboxylic acid groups (broad SMARTS) is 1. The minimum Gasteiger partial charge on any atom is -0.481 e. The normalized spacial score (nSPS) is 15.5. The van der Waals surface area contributed by atoms with Crippen LogP contribution < -0.4 is 10.6 Å². The molecule has 2 amide bonds. The Balaban J connectivity index is 3.94. The minimum atomic E-state index is -0.986. The number of rotatable bonds is 8. The molecule has 0 saturated carbocycles. The smallest absolute Gasteiger partial charge is 0.314 e. The van der Waals surface area contributed by atoms with Gasteiger partial charge in [0.25, 0.3) is 0 Å². The van der Waals surface area contributed by atoms with Crippen LogP contribution in [-0.2, 0) is 15.6 Å². The predicted octanol–water partition coefficient (Wildman–Crippen LogP) is 0.553. The summed E-state index contributed by atoms with van der Waals surface area (Å²) in [5.74, 6) is -1.46. The largest absolute Gasteiger partial charge is 0.481 e. The van der Waals surface area contributed by atoms with Crippen LogP contribution in [0.4, 0.5) is 4.79 Å². The van der Waals surface area contributed by atoms with E-state index in [1.54, 1.807) is 13.2 Å². The lowest BCUT2D eigenvalue weighted by atomic mass is 10.0. The molecule has 0 radical (unpaired) electrons. The number of hydrogen-bond acceptors (Lipinski definition) is 3. The first-order valence-corrected chi connectivity index (χ1v) is 7.57. The molecule has 0 aromatic carbocycles. The highest BCUT2D eigenvalue weighted by Crippen LogP contribution is 2.04. The van der Waals surface area contributed by atoms with Gasteiger partial charge >= 0.3 is 12.0 Å². The molecule has 0 aliphatic carbocycles. The molecule has 0 rings (SSSR count). The van der Waals surface area contributed by atoms with E-state index in [1.807, 2.05) is 6.92 Å². The van der Waals surface area contributed by atoms with Gasteiger partial charge in [-0.15, -0.1) is 0 Å². The first-order chi connectivity index (χ1) is 8.38. The van der Waals surface area contributed by atoms with E-state index in [9.17, 15) is 13.8 Å². The molecule has 0 bridgehead atoms. The van der Waals surface area contributed by atoms with Crippen LogP contribution in [0.15, 0.2) is 0 Å². The number of aliphatic carboxylic acids is 1. The van der Waals surface area contributed by atoms with Gasteiger partial charge in [0.1, 0.15) is 0 Å². The van der Waals surface area contributed by atoms with E-state index in [4.69, 9.17) is 5.11 Å². The zero-order valence-corrected chi connectivity index (χ0v) is 11.9. The maximum atomic E-state index is 11.4. The summed E-state index contributed by atoms with van der Waals surface area (Å²) in [5, 5.41) is 13.9. The molecule has 0 spiro atoms. The zero-order valence-electron chi connectivity index (χ0n) is 11.1. The van der Waals surface area contributed by atoms with Crippen molar-refractivity contribution in [2.75, 3.05) is 19.3 Å². The van der Waals surface area contributed by atoms with Gasteiger partial charge in [0.15, 0.2) is 0 Å². The van der Waals surface area contributed by atoms with E-state index in [0.717, 1.165) is 6.42 Å². The molecule has 7 heteroatoms. The van der Waals surface area contributed by atoms with Crippen LogP contribution >= 0.6 is 0 Å². The number of carboxylic acids is 1. The average Bonchev–Trinajstić information content (AvgIpc) is 2.30. The molecule has 0 aliphatic heterocycles. The van der Waals surface area contributed by atoms with Crippen LogP contribution in [0.5, 0.6) is 0 Å². The summed E-state index contributed by atoms with van der Waals surface area (Å²) in [5.41, 5.74) is 0. The topological polar surface area (TPSA) is 95.5 Å².